The number of carbonyl (C=O) groups excluding carboxylic acids is 2. The number of Topliss-reactive ketones (excluding diaryl/α,β-unsaturated/α-hetero) is 1. The molecule has 0 aromatic heterocycles. The van der Waals surface area contributed by atoms with Crippen LogP contribution in [0.2, 0.25) is 0 Å². The molecule has 0 saturated carbocycles. The molecule has 2 heterocycles. The van der Waals surface area contributed by atoms with Gasteiger partial charge in [-0.1, -0.05) is 0 Å². The van der Waals surface area contributed by atoms with Crippen LogP contribution in [-0.4, -0.2) is 60.9 Å². The lowest BCUT2D eigenvalue weighted by atomic mass is 9.95. The van der Waals surface area contributed by atoms with E-state index in [9.17, 15) is 19.7 Å². The molecule has 2 fully saturated rings. The van der Waals surface area contributed by atoms with Gasteiger partial charge in [0.2, 0.25) is 5.91 Å². The molecule has 8 heteroatoms. The summed E-state index contributed by atoms with van der Waals surface area (Å²) < 4.78 is 5.29. The number of ketones is 1. The summed E-state index contributed by atoms with van der Waals surface area (Å²) in [7, 11) is 0. The lowest BCUT2D eigenvalue weighted by Gasteiger charge is -2.37. The van der Waals surface area contributed by atoms with Gasteiger partial charge in [-0.25, -0.2) is 0 Å². The molecule has 3 rings (SSSR count). The smallest absolute Gasteiger partial charge is 0.293 e. The molecular formula is C18H23N3O5. The minimum atomic E-state index is -0.463. The van der Waals surface area contributed by atoms with Crippen molar-refractivity contribution < 1.29 is 19.2 Å². The number of anilines is 1. The Morgan fingerprint density at radius 2 is 1.96 bits per heavy atom. The van der Waals surface area contributed by atoms with Crippen LogP contribution in [0.3, 0.4) is 0 Å². The first-order valence-electron chi connectivity index (χ1n) is 8.88. The Kier molecular flexibility index (Phi) is 5.51. The Labute approximate surface area is 151 Å². The largest absolute Gasteiger partial charge is 0.378 e. The van der Waals surface area contributed by atoms with Crippen molar-refractivity contribution in [2.45, 2.75) is 19.8 Å². The van der Waals surface area contributed by atoms with Gasteiger partial charge in [0.25, 0.3) is 5.69 Å². The van der Waals surface area contributed by atoms with Crippen molar-refractivity contribution in [3.05, 3.63) is 33.9 Å². The molecule has 1 aromatic rings. The van der Waals surface area contributed by atoms with Gasteiger partial charge in [-0.05, 0) is 31.9 Å². The van der Waals surface area contributed by atoms with E-state index in [1.807, 2.05) is 9.80 Å². The van der Waals surface area contributed by atoms with Crippen molar-refractivity contribution in [2.24, 2.45) is 5.92 Å². The highest BCUT2D eigenvalue weighted by molar-refractivity contribution is 5.95. The van der Waals surface area contributed by atoms with Crippen LogP contribution in [0.15, 0.2) is 18.2 Å². The highest BCUT2D eigenvalue weighted by Gasteiger charge is 2.32. The molecule has 0 spiro atoms. The molecule has 2 aliphatic heterocycles. The summed E-state index contributed by atoms with van der Waals surface area (Å²) in [6.07, 6.45) is 1.58. The first-order valence-corrected chi connectivity index (χ1v) is 8.88. The quantitative estimate of drug-likeness (QED) is 0.462. The molecule has 1 atom stereocenters. The van der Waals surface area contributed by atoms with Crippen molar-refractivity contribution in [2.75, 3.05) is 44.3 Å². The SMILES string of the molecule is CC(=O)c1ccc(N2CCCC(C(=O)N3CCOCC3)C2)c([N+](=O)[O-])c1. The van der Waals surface area contributed by atoms with Gasteiger partial charge in [0.05, 0.1) is 24.1 Å². The molecule has 1 unspecified atom stereocenters. The van der Waals surface area contributed by atoms with E-state index in [-0.39, 0.29) is 23.3 Å². The van der Waals surface area contributed by atoms with E-state index in [1.54, 1.807) is 12.1 Å². The highest BCUT2D eigenvalue weighted by Crippen LogP contribution is 2.33. The molecule has 1 aromatic carbocycles. The van der Waals surface area contributed by atoms with E-state index in [0.29, 0.717) is 50.6 Å². The average molecular weight is 361 g/mol. The van der Waals surface area contributed by atoms with Crippen LogP contribution in [0.1, 0.15) is 30.1 Å². The summed E-state index contributed by atoms with van der Waals surface area (Å²) in [5.74, 6) is -0.284. The number of carbonyl (C=O) groups is 2. The molecule has 1 amide bonds. The van der Waals surface area contributed by atoms with Gasteiger partial charge in [-0.15, -0.1) is 0 Å². The monoisotopic (exact) mass is 361 g/mol. The predicted molar refractivity (Wildman–Crippen MR) is 95.4 cm³/mol. The molecule has 0 N–H and O–H groups in total. The third kappa shape index (κ3) is 3.85. The Morgan fingerprint density at radius 1 is 1.23 bits per heavy atom. The van der Waals surface area contributed by atoms with Gasteiger partial charge in [0.1, 0.15) is 5.69 Å². The van der Waals surface area contributed by atoms with E-state index in [2.05, 4.69) is 0 Å². The van der Waals surface area contributed by atoms with Gasteiger partial charge in [-0.3, -0.25) is 19.7 Å². The predicted octanol–water partition coefficient (Wildman–Crippen LogP) is 1.87. The first-order chi connectivity index (χ1) is 12.5. The van der Waals surface area contributed by atoms with E-state index in [0.717, 1.165) is 12.8 Å². The van der Waals surface area contributed by atoms with Gasteiger partial charge in [0.15, 0.2) is 5.78 Å². The lowest BCUT2D eigenvalue weighted by Crippen LogP contribution is -2.48. The zero-order valence-electron chi connectivity index (χ0n) is 14.8. The average Bonchev–Trinajstić information content (AvgIpc) is 2.67. The number of hydrogen-bond acceptors (Lipinski definition) is 6. The topological polar surface area (TPSA) is 93.0 Å². The van der Waals surface area contributed by atoms with Gasteiger partial charge in [0, 0.05) is 37.8 Å². The van der Waals surface area contributed by atoms with Gasteiger partial charge >= 0.3 is 0 Å². The number of nitrogens with zero attached hydrogens (tertiary/aromatic N) is 3. The van der Waals surface area contributed by atoms with Gasteiger partial charge < -0.3 is 14.5 Å². The summed E-state index contributed by atoms with van der Waals surface area (Å²) in [5, 5.41) is 11.5. The second-order valence-electron chi connectivity index (χ2n) is 6.74. The fraction of sp³-hybridized carbons (Fsp3) is 0.556. The van der Waals surface area contributed by atoms with Crippen LogP contribution in [0.5, 0.6) is 0 Å². The third-order valence-corrected chi connectivity index (χ3v) is 5.01. The second kappa shape index (κ2) is 7.82. The maximum atomic E-state index is 12.8. The summed E-state index contributed by atoms with van der Waals surface area (Å²) in [4.78, 5) is 39.0. The molecule has 26 heavy (non-hydrogen) atoms. The number of nitro benzene ring substituents is 1. The van der Waals surface area contributed by atoms with Crippen LogP contribution >= 0.6 is 0 Å². The number of morpholine rings is 1. The van der Waals surface area contributed by atoms with Crippen LogP contribution in [0, 0.1) is 16.0 Å². The minimum Gasteiger partial charge on any atom is -0.378 e. The molecule has 0 bridgehead atoms. The van der Waals surface area contributed by atoms with Crippen molar-refractivity contribution in [1.82, 2.24) is 4.90 Å². The Morgan fingerprint density at radius 3 is 2.62 bits per heavy atom. The number of ether oxygens (including phenoxy) is 1. The summed E-state index contributed by atoms with van der Waals surface area (Å²) in [6, 6.07) is 4.56. The van der Waals surface area contributed by atoms with Crippen molar-refractivity contribution in [1.29, 1.82) is 0 Å². The third-order valence-electron chi connectivity index (χ3n) is 5.01. The van der Waals surface area contributed by atoms with E-state index in [4.69, 9.17) is 4.74 Å². The number of hydrogen-bond donors (Lipinski definition) is 0. The maximum Gasteiger partial charge on any atom is 0.293 e. The first kappa shape index (κ1) is 18.3. The van der Waals surface area contributed by atoms with Crippen LogP contribution in [0.4, 0.5) is 11.4 Å². The fourth-order valence-electron chi connectivity index (χ4n) is 3.60. The summed E-state index contributed by atoms with van der Waals surface area (Å²) in [5.41, 5.74) is 0.704. The number of benzene rings is 1. The lowest BCUT2D eigenvalue weighted by molar-refractivity contribution is -0.384. The molecular weight excluding hydrogens is 338 g/mol. The molecule has 140 valence electrons. The second-order valence-corrected chi connectivity index (χ2v) is 6.74. The summed E-state index contributed by atoms with van der Waals surface area (Å²) >= 11 is 0. The molecule has 2 saturated heterocycles. The number of piperidine rings is 1. The molecule has 0 aliphatic carbocycles. The van der Waals surface area contributed by atoms with Crippen molar-refractivity contribution in [3.8, 4) is 0 Å². The standard InChI is InChI=1S/C18H23N3O5/c1-13(22)14-4-5-16(17(11-14)21(24)25)20-6-2-3-15(12-20)18(23)19-7-9-26-10-8-19/h4-5,11,15H,2-3,6-10,12H2,1H3. The molecule has 8 nitrogen and oxygen atoms in total. The zero-order valence-corrected chi connectivity index (χ0v) is 14.8. The molecule has 2 aliphatic rings. The fourth-order valence-corrected chi connectivity index (χ4v) is 3.60. The maximum absolute atomic E-state index is 12.8. The zero-order chi connectivity index (χ0) is 18.7. The van der Waals surface area contributed by atoms with Crippen molar-refractivity contribution in [3.63, 3.8) is 0 Å². The van der Waals surface area contributed by atoms with Crippen molar-refractivity contribution >= 4 is 23.1 Å². The van der Waals surface area contributed by atoms with Crippen LogP contribution < -0.4 is 4.90 Å². The number of amides is 1. The number of rotatable bonds is 4. The Bertz CT molecular complexity index is 715. The van der Waals surface area contributed by atoms with E-state index in [1.165, 1.54) is 13.0 Å². The van der Waals surface area contributed by atoms with E-state index >= 15 is 0 Å². The van der Waals surface area contributed by atoms with E-state index < -0.39 is 4.92 Å². The summed E-state index contributed by atoms with van der Waals surface area (Å²) in [6.45, 7) is 4.81. The number of nitro groups is 1. The van der Waals surface area contributed by atoms with Crippen LogP contribution in [-0.2, 0) is 9.53 Å². The van der Waals surface area contributed by atoms with Crippen LogP contribution in [0.25, 0.3) is 0 Å². The minimum absolute atomic E-state index is 0.0860. The Balaban J connectivity index is 1.79. The van der Waals surface area contributed by atoms with Gasteiger partial charge in [-0.2, -0.15) is 0 Å². The Hall–Kier alpha value is -2.48. The normalized spacial score (nSPS) is 20.7. The highest BCUT2D eigenvalue weighted by atomic mass is 16.6. The molecule has 0 radical (unpaired) electrons.